The van der Waals surface area contributed by atoms with Gasteiger partial charge in [0.15, 0.2) is 11.5 Å². The Morgan fingerprint density at radius 1 is 1.00 bits per heavy atom. The van der Waals surface area contributed by atoms with E-state index in [1.165, 1.54) is 0 Å². The molecule has 100 valence electrons. The predicted octanol–water partition coefficient (Wildman–Crippen LogP) is 3.57. The first-order chi connectivity index (χ1) is 9.31. The molecule has 0 amide bonds. The van der Waals surface area contributed by atoms with Crippen molar-refractivity contribution >= 4 is 11.8 Å². The minimum Gasteiger partial charge on any atom is -0.507 e. The molecule has 0 heterocycles. The average Bonchev–Trinajstić information content (AvgIpc) is 2.45. The number of para-hydroxylation sites is 3. The third-order valence-electron chi connectivity index (χ3n) is 2.53. The lowest BCUT2D eigenvalue weighted by Crippen LogP contribution is -2.01. The molecular weight excluding hydrogens is 260 g/mol. The first kappa shape index (κ1) is 13.6. The highest BCUT2D eigenvalue weighted by Gasteiger charge is 2.03. The number of phenols is 1. The zero-order chi connectivity index (χ0) is 13.5. The second-order valence-electron chi connectivity index (χ2n) is 3.82. The van der Waals surface area contributed by atoms with Crippen LogP contribution in [0.15, 0.2) is 53.4 Å². The van der Waals surface area contributed by atoms with Gasteiger partial charge in [-0.25, -0.2) is 0 Å². The molecule has 0 aromatic heterocycles. The number of phenolic OH excluding ortho intramolecular Hbond substituents is 1. The smallest absolute Gasteiger partial charge is 0.161 e. The lowest BCUT2D eigenvalue weighted by molar-refractivity contribution is 0.313. The molecule has 0 spiro atoms. The summed E-state index contributed by atoms with van der Waals surface area (Å²) in [5, 5.41) is 9.63. The van der Waals surface area contributed by atoms with Crippen LogP contribution in [0.1, 0.15) is 0 Å². The Balaban J connectivity index is 1.83. The number of aromatic hydroxyl groups is 1. The van der Waals surface area contributed by atoms with E-state index in [4.69, 9.17) is 9.47 Å². The molecule has 3 nitrogen and oxygen atoms in total. The Labute approximate surface area is 117 Å². The number of thioether (sulfide) groups is 1. The van der Waals surface area contributed by atoms with Crippen molar-refractivity contribution in [1.29, 1.82) is 0 Å². The molecule has 0 aliphatic carbocycles. The van der Waals surface area contributed by atoms with Crippen molar-refractivity contribution in [3.8, 4) is 17.2 Å². The van der Waals surface area contributed by atoms with E-state index in [9.17, 15) is 5.11 Å². The SMILES string of the molecule is COc1ccccc1OCCSc1ccccc1O. The van der Waals surface area contributed by atoms with Gasteiger partial charge in [0.2, 0.25) is 0 Å². The van der Waals surface area contributed by atoms with Gasteiger partial charge in [0.05, 0.1) is 13.7 Å². The first-order valence-electron chi connectivity index (χ1n) is 5.98. The second kappa shape index (κ2) is 6.95. The molecule has 4 heteroatoms. The molecule has 0 bridgehead atoms. The van der Waals surface area contributed by atoms with E-state index in [0.29, 0.717) is 12.4 Å². The highest BCUT2D eigenvalue weighted by Crippen LogP contribution is 2.29. The van der Waals surface area contributed by atoms with Gasteiger partial charge in [0.1, 0.15) is 5.75 Å². The predicted molar refractivity (Wildman–Crippen MR) is 77.3 cm³/mol. The lowest BCUT2D eigenvalue weighted by atomic mass is 10.3. The van der Waals surface area contributed by atoms with Crippen LogP contribution < -0.4 is 9.47 Å². The van der Waals surface area contributed by atoms with Gasteiger partial charge in [0, 0.05) is 10.6 Å². The van der Waals surface area contributed by atoms with Gasteiger partial charge in [-0.15, -0.1) is 11.8 Å². The summed E-state index contributed by atoms with van der Waals surface area (Å²) in [6, 6.07) is 14.9. The Morgan fingerprint density at radius 3 is 2.42 bits per heavy atom. The quantitative estimate of drug-likeness (QED) is 0.646. The molecule has 0 saturated heterocycles. The normalized spacial score (nSPS) is 10.2. The fourth-order valence-corrected chi connectivity index (χ4v) is 2.40. The first-order valence-corrected chi connectivity index (χ1v) is 6.96. The molecule has 2 rings (SSSR count). The maximum absolute atomic E-state index is 9.63. The van der Waals surface area contributed by atoms with E-state index < -0.39 is 0 Å². The van der Waals surface area contributed by atoms with E-state index >= 15 is 0 Å². The fourth-order valence-electron chi connectivity index (χ4n) is 1.62. The summed E-state index contributed by atoms with van der Waals surface area (Å²) in [6.07, 6.45) is 0. The van der Waals surface area contributed by atoms with E-state index in [0.717, 1.165) is 22.1 Å². The Morgan fingerprint density at radius 2 is 1.68 bits per heavy atom. The topological polar surface area (TPSA) is 38.7 Å². The van der Waals surface area contributed by atoms with Crippen molar-refractivity contribution in [1.82, 2.24) is 0 Å². The third-order valence-corrected chi connectivity index (χ3v) is 3.56. The van der Waals surface area contributed by atoms with E-state index in [2.05, 4.69) is 0 Å². The summed E-state index contributed by atoms with van der Waals surface area (Å²) >= 11 is 1.56. The second-order valence-corrected chi connectivity index (χ2v) is 4.95. The maximum Gasteiger partial charge on any atom is 0.161 e. The zero-order valence-corrected chi connectivity index (χ0v) is 11.5. The summed E-state index contributed by atoms with van der Waals surface area (Å²) in [4.78, 5) is 0.867. The number of methoxy groups -OCH3 is 1. The largest absolute Gasteiger partial charge is 0.507 e. The van der Waals surface area contributed by atoms with Crippen LogP contribution in [0, 0.1) is 0 Å². The summed E-state index contributed by atoms with van der Waals surface area (Å²) in [5.74, 6) is 2.54. The van der Waals surface area contributed by atoms with Crippen molar-refractivity contribution in [2.75, 3.05) is 19.5 Å². The van der Waals surface area contributed by atoms with Gasteiger partial charge >= 0.3 is 0 Å². The lowest BCUT2D eigenvalue weighted by Gasteiger charge is -2.10. The fraction of sp³-hybridized carbons (Fsp3) is 0.200. The summed E-state index contributed by atoms with van der Waals surface area (Å²) < 4.78 is 10.9. The number of ether oxygens (including phenoxy) is 2. The maximum atomic E-state index is 9.63. The monoisotopic (exact) mass is 276 g/mol. The zero-order valence-electron chi connectivity index (χ0n) is 10.7. The highest BCUT2D eigenvalue weighted by atomic mass is 32.2. The highest BCUT2D eigenvalue weighted by molar-refractivity contribution is 7.99. The number of hydrogen-bond donors (Lipinski definition) is 1. The van der Waals surface area contributed by atoms with Crippen molar-refractivity contribution in [3.05, 3.63) is 48.5 Å². The molecule has 0 saturated carbocycles. The van der Waals surface area contributed by atoms with Gasteiger partial charge in [-0.3, -0.25) is 0 Å². The van der Waals surface area contributed by atoms with Crippen LogP contribution in [-0.2, 0) is 0 Å². The molecular formula is C15H16O3S. The molecule has 1 N–H and O–H groups in total. The van der Waals surface area contributed by atoms with Crippen molar-refractivity contribution in [2.45, 2.75) is 4.90 Å². The molecule has 2 aromatic carbocycles. The molecule has 19 heavy (non-hydrogen) atoms. The minimum atomic E-state index is 0.310. The minimum absolute atomic E-state index is 0.310. The third kappa shape index (κ3) is 3.83. The van der Waals surface area contributed by atoms with Crippen LogP contribution in [0.5, 0.6) is 17.2 Å². The number of rotatable bonds is 6. The van der Waals surface area contributed by atoms with Gasteiger partial charge in [-0.05, 0) is 24.3 Å². The summed E-state index contributed by atoms with van der Waals surface area (Å²) in [6.45, 7) is 0.555. The van der Waals surface area contributed by atoms with Crippen LogP contribution in [-0.4, -0.2) is 24.6 Å². The molecule has 0 aliphatic heterocycles. The van der Waals surface area contributed by atoms with E-state index in [1.807, 2.05) is 42.5 Å². The standard InChI is InChI=1S/C15H16O3S/c1-17-13-7-3-4-8-14(13)18-10-11-19-15-9-5-2-6-12(15)16/h2-9,16H,10-11H2,1H3. The molecule has 0 atom stereocenters. The van der Waals surface area contributed by atoms with Crippen LogP contribution >= 0.6 is 11.8 Å². The Hall–Kier alpha value is -1.81. The van der Waals surface area contributed by atoms with Crippen molar-refractivity contribution in [2.24, 2.45) is 0 Å². The van der Waals surface area contributed by atoms with Gasteiger partial charge in [-0.1, -0.05) is 24.3 Å². The van der Waals surface area contributed by atoms with Gasteiger partial charge in [-0.2, -0.15) is 0 Å². The van der Waals surface area contributed by atoms with Crippen LogP contribution in [0.4, 0.5) is 0 Å². The van der Waals surface area contributed by atoms with Gasteiger partial charge < -0.3 is 14.6 Å². The van der Waals surface area contributed by atoms with Crippen LogP contribution in [0.2, 0.25) is 0 Å². The molecule has 0 fully saturated rings. The molecule has 0 aliphatic rings. The Kier molecular flexibility index (Phi) is 4.98. The molecule has 0 unspecified atom stereocenters. The number of benzene rings is 2. The van der Waals surface area contributed by atoms with Crippen molar-refractivity contribution in [3.63, 3.8) is 0 Å². The molecule has 2 aromatic rings. The summed E-state index contributed by atoms with van der Waals surface area (Å²) in [7, 11) is 1.62. The van der Waals surface area contributed by atoms with Crippen LogP contribution in [0.3, 0.4) is 0 Å². The molecule has 0 radical (unpaired) electrons. The van der Waals surface area contributed by atoms with E-state index in [1.54, 1.807) is 24.9 Å². The van der Waals surface area contributed by atoms with Crippen LogP contribution in [0.25, 0.3) is 0 Å². The van der Waals surface area contributed by atoms with E-state index in [-0.39, 0.29) is 0 Å². The van der Waals surface area contributed by atoms with Crippen molar-refractivity contribution < 1.29 is 14.6 Å². The average molecular weight is 276 g/mol. The summed E-state index contributed by atoms with van der Waals surface area (Å²) in [5.41, 5.74) is 0. The van der Waals surface area contributed by atoms with Gasteiger partial charge in [0.25, 0.3) is 0 Å². The number of hydrogen-bond acceptors (Lipinski definition) is 4. The Bertz CT molecular complexity index is 528.